The number of fused-ring (bicyclic) bond motifs is 1. The fraction of sp³-hybridized carbons (Fsp3) is 0.235. The van der Waals surface area contributed by atoms with Crippen molar-refractivity contribution in [3.63, 3.8) is 0 Å². The summed E-state index contributed by atoms with van der Waals surface area (Å²) in [5.74, 6) is -0.296. The smallest absolute Gasteiger partial charge is 0.272 e. The Labute approximate surface area is 137 Å². The molecule has 0 bridgehead atoms. The summed E-state index contributed by atoms with van der Waals surface area (Å²) in [7, 11) is 0. The van der Waals surface area contributed by atoms with E-state index in [9.17, 15) is 9.59 Å². The van der Waals surface area contributed by atoms with Gasteiger partial charge in [0.2, 0.25) is 0 Å². The number of aryl methyl sites for hydroxylation is 2. The monoisotopic (exact) mass is 327 g/mol. The molecule has 3 aromatic rings. The fourth-order valence-corrected chi connectivity index (χ4v) is 3.68. The van der Waals surface area contributed by atoms with E-state index in [2.05, 4.69) is 15.3 Å². The second-order valence-corrected chi connectivity index (χ2v) is 6.79. The van der Waals surface area contributed by atoms with Crippen LogP contribution in [0.4, 0.5) is 5.69 Å². The molecule has 1 aromatic carbocycles. The maximum atomic E-state index is 12.5. The van der Waals surface area contributed by atoms with Crippen molar-refractivity contribution in [1.29, 1.82) is 0 Å². The lowest BCUT2D eigenvalue weighted by atomic mass is 10.1. The number of aromatic amines is 1. The van der Waals surface area contributed by atoms with Crippen LogP contribution in [0.2, 0.25) is 0 Å². The first-order valence-corrected chi connectivity index (χ1v) is 8.07. The summed E-state index contributed by atoms with van der Waals surface area (Å²) >= 11 is 1.59. The zero-order valence-electron chi connectivity index (χ0n) is 13.4. The Balaban J connectivity index is 1.91. The van der Waals surface area contributed by atoms with E-state index in [0.717, 1.165) is 15.2 Å². The van der Waals surface area contributed by atoms with Crippen LogP contribution in [-0.4, -0.2) is 21.7 Å². The molecule has 2 heterocycles. The van der Waals surface area contributed by atoms with Gasteiger partial charge in [0.1, 0.15) is 5.69 Å². The van der Waals surface area contributed by atoms with E-state index in [-0.39, 0.29) is 11.7 Å². The van der Waals surface area contributed by atoms with Gasteiger partial charge in [0, 0.05) is 16.9 Å². The van der Waals surface area contributed by atoms with Crippen molar-refractivity contribution in [2.24, 2.45) is 0 Å². The third-order valence-electron chi connectivity index (χ3n) is 3.77. The number of nitrogens with one attached hydrogen (secondary N) is 2. The van der Waals surface area contributed by atoms with E-state index in [4.69, 9.17) is 0 Å². The minimum atomic E-state index is -0.251. The number of thiazole rings is 1. The lowest BCUT2D eigenvalue weighted by Crippen LogP contribution is -2.13. The normalized spacial score (nSPS) is 11.0. The molecule has 0 atom stereocenters. The van der Waals surface area contributed by atoms with Crippen LogP contribution in [0.3, 0.4) is 0 Å². The maximum Gasteiger partial charge on any atom is 0.272 e. The Kier molecular flexibility index (Phi) is 3.77. The summed E-state index contributed by atoms with van der Waals surface area (Å²) in [6, 6.07) is 5.63. The van der Waals surface area contributed by atoms with Gasteiger partial charge in [0.15, 0.2) is 5.78 Å². The molecule has 6 heteroatoms. The predicted molar refractivity (Wildman–Crippen MR) is 92.6 cm³/mol. The molecular formula is C17H17N3O2S. The molecule has 2 aromatic heterocycles. The molecule has 0 radical (unpaired) electrons. The van der Waals surface area contributed by atoms with E-state index < -0.39 is 0 Å². The second-order valence-electron chi connectivity index (χ2n) is 5.55. The molecule has 1 amide bonds. The van der Waals surface area contributed by atoms with E-state index in [0.29, 0.717) is 28.2 Å². The van der Waals surface area contributed by atoms with Gasteiger partial charge in [0.05, 0.1) is 15.2 Å². The highest BCUT2D eigenvalue weighted by atomic mass is 32.1. The first kappa shape index (κ1) is 15.4. The average molecular weight is 327 g/mol. The molecule has 0 aliphatic rings. The minimum absolute atomic E-state index is 0.0446. The number of amides is 1. The van der Waals surface area contributed by atoms with Crippen molar-refractivity contribution in [2.45, 2.75) is 27.7 Å². The van der Waals surface area contributed by atoms with Gasteiger partial charge in [-0.25, -0.2) is 4.98 Å². The fourth-order valence-electron chi connectivity index (χ4n) is 2.82. The molecular weight excluding hydrogens is 310 g/mol. The molecule has 5 nitrogen and oxygen atoms in total. The van der Waals surface area contributed by atoms with Gasteiger partial charge in [-0.05, 0) is 51.5 Å². The average Bonchev–Trinajstić information content (AvgIpc) is 2.97. The first-order valence-electron chi connectivity index (χ1n) is 7.25. The summed E-state index contributed by atoms with van der Waals surface area (Å²) < 4.78 is 1.03. The molecule has 0 fully saturated rings. The summed E-state index contributed by atoms with van der Waals surface area (Å²) in [6.45, 7) is 7.04. The highest BCUT2D eigenvalue weighted by molar-refractivity contribution is 7.18. The summed E-state index contributed by atoms with van der Waals surface area (Å²) in [5.41, 5.74) is 4.05. The Morgan fingerprint density at radius 1 is 1.22 bits per heavy atom. The Bertz CT molecular complexity index is 937. The lowest BCUT2D eigenvalue weighted by Gasteiger charge is -2.05. The van der Waals surface area contributed by atoms with Crippen LogP contribution in [0.1, 0.15) is 44.0 Å². The largest absolute Gasteiger partial charge is 0.354 e. The van der Waals surface area contributed by atoms with Crippen LogP contribution < -0.4 is 5.32 Å². The van der Waals surface area contributed by atoms with Gasteiger partial charge in [0.25, 0.3) is 5.91 Å². The van der Waals surface area contributed by atoms with Crippen LogP contribution in [0.5, 0.6) is 0 Å². The van der Waals surface area contributed by atoms with Crippen molar-refractivity contribution in [2.75, 3.05) is 5.32 Å². The predicted octanol–water partition coefficient (Wildman–Crippen LogP) is 4.00. The number of H-pyrrole nitrogens is 1. The van der Waals surface area contributed by atoms with Gasteiger partial charge < -0.3 is 10.3 Å². The number of carbonyl (C=O) groups is 2. The Morgan fingerprint density at radius 3 is 2.61 bits per heavy atom. The van der Waals surface area contributed by atoms with Crippen LogP contribution in [0.15, 0.2) is 18.2 Å². The molecule has 0 unspecified atom stereocenters. The zero-order chi connectivity index (χ0) is 16.7. The van der Waals surface area contributed by atoms with Crippen molar-refractivity contribution < 1.29 is 9.59 Å². The van der Waals surface area contributed by atoms with E-state index in [1.165, 1.54) is 6.92 Å². The molecule has 0 saturated heterocycles. The van der Waals surface area contributed by atoms with Gasteiger partial charge >= 0.3 is 0 Å². The molecule has 0 aliphatic heterocycles. The van der Waals surface area contributed by atoms with E-state index in [1.54, 1.807) is 25.2 Å². The van der Waals surface area contributed by atoms with Crippen LogP contribution in [-0.2, 0) is 0 Å². The zero-order valence-corrected chi connectivity index (χ0v) is 14.2. The molecule has 0 spiro atoms. The number of nitrogens with zero attached hydrogens (tertiary/aromatic N) is 1. The van der Waals surface area contributed by atoms with Crippen LogP contribution >= 0.6 is 11.3 Å². The van der Waals surface area contributed by atoms with E-state index in [1.807, 2.05) is 25.1 Å². The number of benzene rings is 1. The standard InChI is InChI=1S/C17H17N3O2S/c1-8-15(10(3)21)9(2)18-16(8)17(22)20-12-5-6-13-14(7-12)23-11(4)19-13/h5-7,18H,1-4H3,(H,20,22). The number of anilines is 1. The van der Waals surface area contributed by atoms with Crippen LogP contribution in [0.25, 0.3) is 10.2 Å². The Hall–Kier alpha value is -2.47. The van der Waals surface area contributed by atoms with Gasteiger partial charge in [-0.3, -0.25) is 9.59 Å². The quantitative estimate of drug-likeness (QED) is 0.714. The number of hydrogen-bond donors (Lipinski definition) is 2. The summed E-state index contributed by atoms with van der Waals surface area (Å²) in [6.07, 6.45) is 0. The number of Topliss-reactive ketones (excluding diaryl/α,β-unsaturated/α-hetero) is 1. The third-order valence-corrected chi connectivity index (χ3v) is 4.70. The van der Waals surface area contributed by atoms with Gasteiger partial charge in [-0.2, -0.15) is 0 Å². The number of aromatic nitrogens is 2. The molecule has 23 heavy (non-hydrogen) atoms. The van der Waals surface area contributed by atoms with Crippen molar-refractivity contribution in [1.82, 2.24) is 9.97 Å². The lowest BCUT2D eigenvalue weighted by molar-refractivity contribution is 0.101. The van der Waals surface area contributed by atoms with E-state index >= 15 is 0 Å². The minimum Gasteiger partial charge on any atom is -0.354 e. The molecule has 2 N–H and O–H groups in total. The van der Waals surface area contributed by atoms with Gasteiger partial charge in [-0.1, -0.05) is 0 Å². The molecule has 118 valence electrons. The number of carbonyl (C=O) groups excluding carboxylic acids is 2. The highest BCUT2D eigenvalue weighted by Crippen LogP contribution is 2.25. The maximum absolute atomic E-state index is 12.5. The molecule has 0 saturated carbocycles. The molecule has 3 rings (SSSR count). The summed E-state index contributed by atoms with van der Waals surface area (Å²) in [5, 5.41) is 3.87. The second kappa shape index (κ2) is 5.62. The topological polar surface area (TPSA) is 74.8 Å². The van der Waals surface area contributed by atoms with Crippen molar-refractivity contribution in [3.05, 3.63) is 45.7 Å². The number of rotatable bonds is 3. The van der Waals surface area contributed by atoms with Crippen molar-refractivity contribution in [3.8, 4) is 0 Å². The first-order chi connectivity index (χ1) is 10.9. The summed E-state index contributed by atoms with van der Waals surface area (Å²) in [4.78, 5) is 31.6. The van der Waals surface area contributed by atoms with Crippen molar-refractivity contribution >= 4 is 38.9 Å². The van der Waals surface area contributed by atoms with Gasteiger partial charge in [-0.15, -0.1) is 11.3 Å². The molecule has 0 aliphatic carbocycles. The SMILES string of the molecule is CC(=O)c1c(C)[nH]c(C(=O)Nc2ccc3nc(C)sc3c2)c1C. The number of ketones is 1. The highest BCUT2D eigenvalue weighted by Gasteiger charge is 2.19. The number of hydrogen-bond acceptors (Lipinski definition) is 4. The van der Waals surface area contributed by atoms with Crippen LogP contribution in [0, 0.1) is 20.8 Å². The third kappa shape index (κ3) is 2.77. The Morgan fingerprint density at radius 2 is 1.96 bits per heavy atom.